The molecule has 1 aliphatic rings. The Morgan fingerprint density at radius 3 is 2.41 bits per heavy atom. The molecule has 0 spiro atoms. The summed E-state index contributed by atoms with van der Waals surface area (Å²) < 4.78 is 3.44. The molecule has 1 N–H and O–H groups in total. The maximum atomic E-state index is 12.7. The van der Waals surface area contributed by atoms with Crippen LogP contribution in [0.4, 0.5) is 11.4 Å². The van der Waals surface area contributed by atoms with Gasteiger partial charge in [0.05, 0.1) is 11.0 Å². The minimum atomic E-state index is -0.0824. The van der Waals surface area contributed by atoms with Crippen LogP contribution in [-0.2, 0) is 17.9 Å². The molecule has 6 heteroatoms. The van der Waals surface area contributed by atoms with Gasteiger partial charge in [0.2, 0.25) is 5.91 Å². The van der Waals surface area contributed by atoms with Crippen molar-refractivity contribution in [3.63, 3.8) is 0 Å². The van der Waals surface area contributed by atoms with Crippen molar-refractivity contribution in [2.45, 2.75) is 45.7 Å². The Hall–Kier alpha value is -3.02. The Kier molecular flexibility index (Phi) is 5.69. The fourth-order valence-electron chi connectivity index (χ4n) is 4.16. The lowest BCUT2D eigenvalue weighted by Crippen LogP contribution is -2.29. The largest absolute Gasteiger partial charge is 0.371 e. The lowest BCUT2D eigenvalue weighted by molar-refractivity contribution is -0.116. The Morgan fingerprint density at radius 2 is 1.69 bits per heavy atom. The van der Waals surface area contributed by atoms with Crippen LogP contribution in [0.1, 0.15) is 32.6 Å². The third-order valence-corrected chi connectivity index (χ3v) is 5.65. The van der Waals surface area contributed by atoms with E-state index in [4.69, 9.17) is 0 Å². The zero-order chi connectivity index (χ0) is 20.2. The van der Waals surface area contributed by atoms with E-state index in [0.717, 1.165) is 35.5 Å². The summed E-state index contributed by atoms with van der Waals surface area (Å²) in [5.41, 5.74) is 3.69. The van der Waals surface area contributed by atoms with E-state index in [0.29, 0.717) is 13.1 Å². The van der Waals surface area contributed by atoms with E-state index < -0.39 is 0 Å². The van der Waals surface area contributed by atoms with Gasteiger partial charge in [0, 0.05) is 44.0 Å². The van der Waals surface area contributed by atoms with Gasteiger partial charge in [-0.3, -0.25) is 13.9 Å². The first-order valence-electron chi connectivity index (χ1n) is 10.5. The van der Waals surface area contributed by atoms with E-state index in [1.54, 1.807) is 9.13 Å². The average molecular weight is 393 g/mol. The highest BCUT2D eigenvalue weighted by molar-refractivity contribution is 5.91. The molecule has 1 aromatic heterocycles. The summed E-state index contributed by atoms with van der Waals surface area (Å²) in [6.07, 6.45) is 3.99. The second-order valence-electron chi connectivity index (χ2n) is 7.56. The molecule has 0 saturated carbocycles. The summed E-state index contributed by atoms with van der Waals surface area (Å²) in [7, 11) is 0. The van der Waals surface area contributed by atoms with Crippen molar-refractivity contribution in [3.8, 4) is 0 Å². The van der Waals surface area contributed by atoms with Crippen LogP contribution in [0.5, 0.6) is 0 Å². The van der Waals surface area contributed by atoms with Gasteiger partial charge < -0.3 is 10.2 Å². The molecule has 6 nitrogen and oxygen atoms in total. The third-order valence-electron chi connectivity index (χ3n) is 5.65. The first kappa shape index (κ1) is 19.3. The molecule has 1 fully saturated rings. The lowest BCUT2D eigenvalue weighted by atomic mass is 10.1. The van der Waals surface area contributed by atoms with Crippen LogP contribution < -0.4 is 15.9 Å². The first-order chi connectivity index (χ1) is 14.2. The zero-order valence-corrected chi connectivity index (χ0v) is 16.9. The fourth-order valence-corrected chi connectivity index (χ4v) is 4.16. The van der Waals surface area contributed by atoms with Gasteiger partial charge in [-0.2, -0.15) is 0 Å². The number of nitrogens with one attached hydrogen (secondary N) is 1. The van der Waals surface area contributed by atoms with E-state index in [1.165, 1.54) is 19.3 Å². The van der Waals surface area contributed by atoms with E-state index in [1.807, 2.05) is 49.4 Å². The highest BCUT2D eigenvalue weighted by Crippen LogP contribution is 2.23. The number of para-hydroxylation sites is 2. The molecule has 152 valence electrons. The molecule has 29 heavy (non-hydrogen) atoms. The predicted octanol–water partition coefficient (Wildman–Crippen LogP) is 3.84. The minimum absolute atomic E-state index is 0.0615. The lowest BCUT2D eigenvalue weighted by Gasteiger charge is -2.29. The van der Waals surface area contributed by atoms with Crippen molar-refractivity contribution >= 4 is 28.3 Å². The van der Waals surface area contributed by atoms with Crippen molar-refractivity contribution in [2.75, 3.05) is 23.3 Å². The van der Waals surface area contributed by atoms with Crippen LogP contribution in [-0.4, -0.2) is 28.1 Å². The number of carbonyl (C=O) groups is 1. The van der Waals surface area contributed by atoms with Gasteiger partial charge in [-0.15, -0.1) is 0 Å². The Morgan fingerprint density at radius 1 is 0.966 bits per heavy atom. The van der Waals surface area contributed by atoms with E-state index in [9.17, 15) is 9.59 Å². The molecule has 1 aliphatic heterocycles. The average Bonchev–Trinajstić information content (AvgIpc) is 3.03. The maximum absolute atomic E-state index is 12.7. The van der Waals surface area contributed by atoms with Gasteiger partial charge in [0.1, 0.15) is 0 Å². The Labute approximate surface area is 170 Å². The number of hydrogen-bond donors (Lipinski definition) is 1. The number of carbonyl (C=O) groups excluding carboxylic acids is 1. The molecule has 0 bridgehead atoms. The van der Waals surface area contributed by atoms with Crippen molar-refractivity contribution in [1.29, 1.82) is 0 Å². The van der Waals surface area contributed by atoms with Crippen molar-refractivity contribution in [3.05, 3.63) is 59.0 Å². The minimum Gasteiger partial charge on any atom is -0.371 e. The van der Waals surface area contributed by atoms with Gasteiger partial charge in [-0.25, -0.2) is 4.79 Å². The van der Waals surface area contributed by atoms with Crippen molar-refractivity contribution in [2.24, 2.45) is 0 Å². The number of aryl methyl sites for hydroxylation is 2. The van der Waals surface area contributed by atoms with Gasteiger partial charge >= 0.3 is 5.69 Å². The van der Waals surface area contributed by atoms with Crippen LogP contribution >= 0.6 is 0 Å². The molecule has 4 rings (SSSR count). The number of aromatic nitrogens is 2. The second-order valence-corrected chi connectivity index (χ2v) is 7.56. The highest BCUT2D eigenvalue weighted by atomic mass is 16.2. The summed E-state index contributed by atoms with van der Waals surface area (Å²) in [5.74, 6) is -0.0824. The molecule has 1 amide bonds. The van der Waals surface area contributed by atoms with Crippen molar-refractivity contribution < 1.29 is 4.79 Å². The SMILES string of the molecule is CCn1c(=O)n(CCC(=O)Nc2cccc(N3CCCCC3)c2)c2ccccc21. The molecule has 2 aromatic carbocycles. The maximum Gasteiger partial charge on any atom is 0.329 e. The van der Waals surface area contributed by atoms with Crippen LogP contribution in [0.15, 0.2) is 53.3 Å². The molecule has 1 saturated heterocycles. The number of nitrogens with zero attached hydrogens (tertiary/aromatic N) is 3. The van der Waals surface area contributed by atoms with Gasteiger partial charge in [-0.05, 0) is 56.5 Å². The van der Waals surface area contributed by atoms with E-state index in [-0.39, 0.29) is 18.0 Å². The molecule has 0 radical (unpaired) electrons. The molecular weight excluding hydrogens is 364 g/mol. The van der Waals surface area contributed by atoms with Gasteiger partial charge in [0.15, 0.2) is 0 Å². The van der Waals surface area contributed by atoms with Gasteiger partial charge in [-0.1, -0.05) is 18.2 Å². The fraction of sp³-hybridized carbons (Fsp3) is 0.391. The number of hydrogen-bond acceptors (Lipinski definition) is 3. The zero-order valence-electron chi connectivity index (χ0n) is 16.9. The molecule has 0 aliphatic carbocycles. The van der Waals surface area contributed by atoms with E-state index >= 15 is 0 Å². The third kappa shape index (κ3) is 4.06. The van der Waals surface area contributed by atoms with E-state index in [2.05, 4.69) is 16.3 Å². The van der Waals surface area contributed by atoms with Gasteiger partial charge in [0.25, 0.3) is 0 Å². The molecular formula is C23H28N4O2. The highest BCUT2D eigenvalue weighted by Gasteiger charge is 2.14. The number of fused-ring (bicyclic) bond motifs is 1. The number of amides is 1. The van der Waals surface area contributed by atoms with Crippen LogP contribution in [0.2, 0.25) is 0 Å². The monoisotopic (exact) mass is 392 g/mol. The normalized spacial score (nSPS) is 14.3. The predicted molar refractivity (Wildman–Crippen MR) is 118 cm³/mol. The summed E-state index contributed by atoms with van der Waals surface area (Å²) in [5, 5.41) is 2.99. The van der Waals surface area contributed by atoms with Crippen LogP contribution in [0.25, 0.3) is 11.0 Å². The number of imidazole rings is 1. The molecule has 3 aromatic rings. The topological polar surface area (TPSA) is 59.3 Å². The summed E-state index contributed by atoms with van der Waals surface area (Å²) >= 11 is 0. The Balaban J connectivity index is 1.44. The molecule has 0 atom stereocenters. The first-order valence-corrected chi connectivity index (χ1v) is 10.5. The summed E-state index contributed by atoms with van der Waals surface area (Å²) in [6.45, 7) is 5.08. The number of rotatable bonds is 6. The standard InChI is InChI=1S/C23H28N4O2/c1-2-26-20-11-4-5-12-21(20)27(23(26)29)16-13-22(28)24-18-9-8-10-19(17-18)25-14-6-3-7-15-25/h4-5,8-12,17H,2-3,6-7,13-16H2,1H3,(H,24,28). The van der Waals surface area contributed by atoms with Crippen LogP contribution in [0, 0.1) is 0 Å². The summed E-state index contributed by atoms with van der Waals surface area (Å²) in [4.78, 5) is 27.6. The smallest absolute Gasteiger partial charge is 0.329 e. The summed E-state index contributed by atoms with van der Waals surface area (Å²) in [6, 6.07) is 15.8. The molecule has 0 unspecified atom stereocenters. The van der Waals surface area contributed by atoms with Crippen molar-refractivity contribution in [1.82, 2.24) is 9.13 Å². The second kappa shape index (κ2) is 8.55. The number of benzene rings is 2. The van der Waals surface area contributed by atoms with Crippen LogP contribution in [0.3, 0.4) is 0 Å². The number of piperidine rings is 1. The molecule has 2 heterocycles. The Bertz CT molecular complexity index is 1060. The number of anilines is 2. The quantitative estimate of drug-likeness (QED) is 0.693.